The highest BCUT2D eigenvalue weighted by Crippen LogP contribution is 2.29. The van der Waals surface area contributed by atoms with E-state index in [1.54, 1.807) is 49.6 Å². The van der Waals surface area contributed by atoms with Gasteiger partial charge in [-0.2, -0.15) is 0 Å². The number of ether oxygens (including phenoxy) is 2. The van der Waals surface area contributed by atoms with Gasteiger partial charge in [-0.1, -0.05) is 23.8 Å². The Kier molecular flexibility index (Phi) is 4.24. The molecule has 3 nitrogen and oxygen atoms in total. The minimum absolute atomic E-state index is 0.264. The van der Waals surface area contributed by atoms with E-state index in [-0.39, 0.29) is 4.99 Å². The van der Waals surface area contributed by atoms with Gasteiger partial charge in [0.05, 0.1) is 12.7 Å². The van der Waals surface area contributed by atoms with Gasteiger partial charge in [0.2, 0.25) is 0 Å². The first-order valence-corrected chi connectivity index (χ1v) is 6.30. The highest BCUT2D eigenvalue weighted by Gasteiger charge is 2.08. The second-order valence-corrected chi connectivity index (χ2v) is 4.66. The molecule has 0 atom stereocenters. The van der Waals surface area contributed by atoms with Crippen LogP contribution in [0.15, 0.2) is 42.5 Å². The molecule has 0 aliphatic heterocycles. The number of halogens is 1. The summed E-state index contributed by atoms with van der Waals surface area (Å²) in [5.41, 5.74) is 6.30. The van der Waals surface area contributed by atoms with Crippen LogP contribution in [0.4, 0.5) is 0 Å². The Hall–Kier alpha value is -1.78. The Morgan fingerprint density at radius 2 is 1.74 bits per heavy atom. The van der Waals surface area contributed by atoms with Gasteiger partial charge in [0, 0.05) is 11.1 Å². The predicted molar refractivity (Wildman–Crippen MR) is 80.4 cm³/mol. The zero-order chi connectivity index (χ0) is 13.8. The first kappa shape index (κ1) is 13.6. The van der Waals surface area contributed by atoms with Crippen LogP contribution in [0, 0.1) is 0 Å². The van der Waals surface area contributed by atoms with Gasteiger partial charge >= 0.3 is 0 Å². The van der Waals surface area contributed by atoms with Crippen molar-refractivity contribution < 1.29 is 9.47 Å². The van der Waals surface area contributed by atoms with E-state index in [1.807, 2.05) is 0 Å². The molecule has 0 aliphatic carbocycles. The van der Waals surface area contributed by atoms with Gasteiger partial charge < -0.3 is 15.2 Å². The molecule has 5 heteroatoms. The van der Waals surface area contributed by atoms with Gasteiger partial charge in [0.25, 0.3) is 0 Å². The number of rotatable bonds is 4. The molecule has 0 saturated heterocycles. The zero-order valence-corrected chi connectivity index (χ0v) is 11.8. The van der Waals surface area contributed by atoms with Crippen LogP contribution in [0.3, 0.4) is 0 Å². The molecule has 0 spiro atoms. The number of hydrogen-bond acceptors (Lipinski definition) is 3. The number of hydrogen-bond donors (Lipinski definition) is 1. The van der Waals surface area contributed by atoms with E-state index >= 15 is 0 Å². The molecule has 98 valence electrons. The quantitative estimate of drug-likeness (QED) is 0.872. The van der Waals surface area contributed by atoms with Crippen molar-refractivity contribution in [1.82, 2.24) is 0 Å². The summed E-state index contributed by atoms with van der Waals surface area (Å²) < 4.78 is 10.8. The lowest BCUT2D eigenvalue weighted by Crippen LogP contribution is -2.10. The third kappa shape index (κ3) is 3.36. The van der Waals surface area contributed by atoms with Crippen molar-refractivity contribution in [2.45, 2.75) is 0 Å². The van der Waals surface area contributed by atoms with Crippen LogP contribution in [0.1, 0.15) is 5.56 Å². The Bertz CT molecular complexity index is 599. The van der Waals surface area contributed by atoms with Gasteiger partial charge in [0.1, 0.15) is 22.2 Å². The topological polar surface area (TPSA) is 44.5 Å². The summed E-state index contributed by atoms with van der Waals surface area (Å²) in [6, 6.07) is 12.3. The molecular formula is C14H12ClNO2S. The van der Waals surface area contributed by atoms with E-state index in [4.69, 9.17) is 39.0 Å². The van der Waals surface area contributed by atoms with E-state index < -0.39 is 0 Å². The molecule has 2 rings (SSSR count). The number of thiocarbonyl (C=S) groups is 1. The van der Waals surface area contributed by atoms with Crippen LogP contribution in [-0.4, -0.2) is 12.1 Å². The third-order valence-corrected chi connectivity index (χ3v) is 2.95. The summed E-state index contributed by atoms with van der Waals surface area (Å²) in [5.74, 6) is 1.94. The minimum Gasteiger partial charge on any atom is -0.497 e. The van der Waals surface area contributed by atoms with Crippen LogP contribution >= 0.6 is 23.8 Å². The average Bonchev–Trinajstić information content (AvgIpc) is 2.39. The third-order valence-electron chi connectivity index (χ3n) is 2.50. The van der Waals surface area contributed by atoms with Crippen LogP contribution in [0.25, 0.3) is 0 Å². The molecule has 2 aromatic rings. The molecule has 0 radical (unpaired) electrons. The van der Waals surface area contributed by atoms with Crippen molar-refractivity contribution in [2.24, 2.45) is 5.73 Å². The molecule has 2 aromatic carbocycles. The number of nitrogens with two attached hydrogens (primary N) is 1. The van der Waals surface area contributed by atoms with Gasteiger partial charge in [-0.3, -0.25) is 0 Å². The van der Waals surface area contributed by atoms with Crippen molar-refractivity contribution in [3.05, 3.63) is 53.1 Å². The maximum Gasteiger partial charge on any atom is 0.139 e. The Labute approximate surface area is 121 Å². The molecule has 0 amide bonds. The van der Waals surface area contributed by atoms with E-state index in [0.717, 1.165) is 5.75 Å². The predicted octanol–water partition coefficient (Wildman–Crippen LogP) is 3.78. The Balaban J connectivity index is 2.31. The van der Waals surface area contributed by atoms with Crippen molar-refractivity contribution >= 4 is 28.8 Å². The monoisotopic (exact) mass is 293 g/mol. The first-order valence-electron chi connectivity index (χ1n) is 5.51. The number of methoxy groups -OCH3 is 1. The lowest BCUT2D eigenvalue weighted by atomic mass is 10.2. The maximum absolute atomic E-state index is 5.95. The van der Waals surface area contributed by atoms with E-state index in [2.05, 4.69) is 0 Å². The molecule has 0 saturated carbocycles. The summed E-state index contributed by atoms with van der Waals surface area (Å²) >= 11 is 10.9. The van der Waals surface area contributed by atoms with Crippen molar-refractivity contribution in [2.75, 3.05) is 7.11 Å². The van der Waals surface area contributed by atoms with Crippen LogP contribution in [-0.2, 0) is 0 Å². The van der Waals surface area contributed by atoms with Crippen LogP contribution in [0.2, 0.25) is 5.02 Å². The summed E-state index contributed by atoms with van der Waals surface area (Å²) in [6.45, 7) is 0. The Morgan fingerprint density at radius 3 is 2.32 bits per heavy atom. The molecular weight excluding hydrogens is 282 g/mol. The average molecular weight is 294 g/mol. The summed E-state index contributed by atoms with van der Waals surface area (Å²) in [7, 11) is 1.61. The van der Waals surface area contributed by atoms with Crippen LogP contribution < -0.4 is 15.2 Å². The SMILES string of the molecule is COc1ccc(Oc2cc(Cl)ccc2C(N)=S)cc1. The Morgan fingerprint density at radius 1 is 1.11 bits per heavy atom. The standard InChI is InChI=1S/C14H12ClNO2S/c1-17-10-3-5-11(6-4-10)18-13-8-9(15)2-7-12(13)14(16)19/h2-8H,1H3,(H2,16,19). The second kappa shape index (κ2) is 5.91. The van der Waals surface area contributed by atoms with Crippen LogP contribution in [0.5, 0.6) is 17.2 Å². The van der Waals surface area contributed by atoms with E-state index in [1.165, 1.54) is 0 Å². The fourth-order valence-electron chi connectivity index (χ4n) is 1.55. The van der Waals surface area contributed by atoms with Crippen molar-refractivity contribution in [1.29, 1.82) is 0 Å². The second-order valence-electron chi connectivity index (χ2n) is 3.78. The van der Waals surface area contributed by atoms with E-state index in [0.29, 0.717) is 22.1 Å². The highest BCUT2D eigenvalue weighted by molar-refractivity contribution is 7.80. The maximum atomic E-state index is 5.95. The summed E-state index contributed by atoms with van der Waals surface area (Å²) in [5, 5.41) is 0.559. The first-order chi connectivity index (χ1) is 9.10. The molecule has 0 bridgehead atoms. The molecule has 0 aromatic heterocycles. The van der Waals surface area contributed by atoms with E-state index in [9.17, 15) is 0 Å². The van der Waals surface area contributed by atoms with Crippen molar-refractivity contribution in [3.63, 3.8) is 0 Å². The fraction of sp³-hybridized carbons (Fsp3) is 0.0714. The van der Waals surface area contributed by atoms with Gasteiger partial charge in [0.15, 0.2) is 0 Å². The van der Waals surface area contributed by atoms with Gasteiger partial charge in [-0.15, -0.1) is 0 Å². The van der Waals surface area contributed by atoms with Gasteiger partial charge in [-0.25, -0.2) is 0 Å². The molecule has 2 N–H and O–H groups in total. The van der Waals surface area contributed by atoms with Gasteiger partial charge in [-0.05, 0) is 36.4 Å². The minimum atomic E-state index is 0.264. The lowest BCUT2D eigenvalue weighted by Gasteiger charge is -2.11. The fourth-order valence-corrected chi connectivity index (χ4v) is 1.89. The normalized spacial score (nSPS) is 10.0. The molecule has 0 heterocycles. The largest absolute Gasteiger partial charge is 0.497 e. The zero-order valence-electron chi connectivity index (χ0n) is 10.2. The summed E-state index contributed by atoms with van der Waals surface area (Å²) in [4.78, 5) is 0.264. The van der Waals surface area contributed by atoms with Crippen molar-refractivity contribution in [3.8, 4) is 17.2 Å². The smallest absolute Gasteiger partial charge is 0.139 e. The highest BCUT2D eigenvalue weighted by atomic mass is 35.5. The molecule has 19 heavy (non-hydrogen) atoms. The number of benzene rings is 2. The molecule has 0 aliphatic rings. The molecule has 0 fully saturated rings. The summed E-state index contributed by atoms with van der Waals surface area (Å²) in [6.07, 6.45) is 0. The molecule has 0 unspecified atom stereocenters. The lowest BCUT2D eigenvalue weighted by molar-refractivity contribution is 0.413.